The number of hydrogen-bond donors (Lipinski definition) is 3. The molecule has 0 spiro atoms. The molecule has 0 heterocycles. The van der Waals surface area contributed by atoms with Crippen molar-refractivity contribution in [1.82, 2.24) is 0 Å². The molecular formula is CH5N2O4P. The number of primary amides is 1. The van der Waals surface area contributed by atoms with Crippen LogP contribution in [0.3, 0.4) is 0 Å². The summed E-state index contributed by atoms with van der Waals surface area (Å²) < 4.78 is 13.3. The van der Waals surface area contributed by atoms with Crippen LogP contribution in [0, 0.1) is 0 Å². The average molecular weight is 140 g/mol. The first-order chi connectivity index (χ1) is 3.42. The quantitative estimate of drug-likeness (QED) is 0.410. The first-order valence-electron chi connectivity index (χ1n) is 1.52. The molecular weight excluding hydrogens is 135 g/mol. The summed E-state index contributed by atoms with van der Waals surface area (Å²) in [6.45, 7) is 0. The minimum Gasteiger partial charge on any atom is -0.363 e. The van der Waals surface area contributed by atoms with Crippen LogP contribution in [-0.2, 0) is 9.09 Å². The molecule has 0 aromatic rings. The lowest BCUT2D eigenvalue weighted by atomic mass is 11.3. The molecule has 0 bridgehead atoms. The zero-order valence-electron chi connectivity index (χ0n) is 3.77. The maximum absolute atomic E-state index is 9.84. The molecule has 0 fully saturated rings. The minimum absolute atomic E-state index is 1.36. The van der Waals surface area contributed by atoms with Gasteiger partial charge in [-0.15, -0.1) is 0 Å². The smallest absolute Gasteiger partial charge is 0.363 e. The van der Waals surface area contributed by atoms with E-state index in [9.17, 15) is 9.36 Å². The summed E-state index contributed by atoms with van der Waals surface area (Å²) in [5, 5.41) is 0. The highest BCUT2D eigenvalue weighted by Gasteiger charge is 2.14. The Morgan fingerprint density at radius 2 is 2.12 bits per heavy atom. The van der Waals surface area contributed by atoms with Crippen molar-refractivity contribution in [3.63, 3.8) is 0 Å². The number of rotatable bonds is 1. The van der Waals surface area contributed by atoms with Crippen LogP contribution >= 0.6 is 7.75 Å². The van der Waals surface area contributed by atoms with Gasteiger partial charge >= 0.3 is 13.8 Å². The maximum Gasteiger partial charge on any atom is 0.456 e. The average Bonchev–Trinajstić information content (AvgIpc) is 1.21. The molecule has 0 saturated heterocycles. The van der Waals surface area contributed by atoms with Gasteiger partial charge in [-0.25, -0.2) is 14.9 Å². The van der Waals surface area contributed by atoms with Crippen molar-refractivity contribution >= 4 is 13.8 Å². The fourth-order valence-electron chi connectivity index (χ4n) is 0.129. The van der Waals surface area contributed by atoms with Crippen LogP contribution in [0.4, 0.5) is 4.79 Å². The SMILES string of the molecule is NC(=O)OP(N)(=O)O. The van der Waals surface area contributed by atoms with E-state index in [1.165, 1.54) is 0 Å². The molecule has 1 amide bonds. The van der Waals surface area contributed by atoms with E-state index >= 15 is 0 Å². The molecule has 0 aliphatic rings. The van der Waals surface area contributed by atoms with E-state index in [4.69, 9.17) is 4.89 Å². The number of nitrogens with two attached hydrogens (primary N) is 2. The molecule has 6 nitrogen and oxygen atoms in total. The Morgan fingerprint density at radius 1 is 1.75 bits per heavy atom. The number of amides is 1. The van der Waals surface area contributed by atoms with Crippen molar-refractivity contribution in [2.75, 3.05) is 0 Å². The number of carbonyl (C=O) groups is 1. The van der Waals surface area contributed by atoms with Gasteiger partial charge in [-0.3, -0.25) is 0 Å². The summed E-state index contributed by atoms with van der Waals surface area (Å²) in [5.41, 5.74) is 8.63. The Bertz CT molecular complexity index is 137. The molecule has 5 N–H and O–H groups in total. The Balaban J connectivity index is 3.74. The standard InChI is InChI=1S/CH5N2O4P/c2-1(4)7-8(3,5)6/h(H2,2,4)(H3,3,5,6). The van der Waals surface area contributed by atoms with E-state index in [0.717, 1.165) is 0 Å². The lowest BCUT2D eigenvalue weighted by molar-refractivity contribution is 0.203. The van der Waals surface area contributed by atoms with Crippen molar-refractivity contribution < 1.29 is 18.8 Å². The van der Waals surface area contributed by atoms with Gasteiger partial charge in [0.15, 0.2) is 0 Å². The zero-order chi connectivity index (χ0) is 6.78. The van der Waals surface area contributed by atoms with Gasteiger partial charge in [-0.2, -0.15) is 0 Å². The van der Waals surface area contributed by atoms with Crippen molar-refractivity contribution in [1.29, 1.82) is 0 Å². The third-order valence-corrected chi connectivity index (χ3v) is 0.662. The van der Waals surface area contributed by atoms with Crippen LogP contribution in [0.5, 0.6) is 0 Å². The van der Waals surface area contributed by atoms with Gasteiger partial charge in [-0.1, -0.05) is 0 Å². The van der Waals surface area contributed by atoms with E-state index < -0.39 is 13.8 Å². The van der Waals surface area contributed by atoms with Crippen molar-refractivity contribution in [3.8, 4) is 0 Å². The molecule has 1 atom stereocenters. The highest BCUT2D eigenvalue weighted by atomic mass is 31.2. The normalized spacial score (nSPS) is 16.8. The predicted octanol–water partition coefficient (Wildman–Crippen LogP) is -0.859. The Kier molecular flexibility index (Phi) is 1.97. The molecule has 0 rings (SSSR count). The second kappa shape index (κ2) is 2.13. The van der Waals surface area contributed by atoms with Crippen LogP contribution in [0.2, 0.25) is 0 Å². The number of carbonyl (C=O) groups excluding carboxylic acids is 1. The van der Waals surface area contributed by atoms with Crippen molar-refractivity contribution in [2.45, 2.75) is 0 Å². The number of hydrogen-bond acceptors (Lipinski definition) is 3. The first kappa shape index (κ1) is 7.42. The third-order valence-electron chi connectivity index (χ3n) is 0.221. The molecule has 0 saturated carbocycles. The monoisotopic (exact) mass is 140 g/mol. The maximum atomic E-state index is 9.84. The summed E-state index contributed by atoms with van der Waals surface area (Å²) in [5.74, 6) is 0. The highest BCUT2D eigenvalue weighted by Crippen LogP contribution is 2.30. The van der Waals surface area contributed by atoms with Crippen molar-refractivity contribution in [2.24, 2.45) is 11.2 Å². The minimum atomic E-state index is -4.20. The fourth-order valence-corrected chi connectivity index (χ4v) is 0.387. The van der Waals surface area contributed by atoms with Crippen LogP contribution in [0.25, 0.3) is 0 Å². The van der Waals surface area contributed by atoms with Gasteiger partial charge in [-0.05, 0) is 0 Å². The van der Waals surface area contributed by atoms with Crippen LogP contribution in [0.1, 0.15) is 0 Å². The molecule has 0 radical (unpaired) electrons. The molecule has 1 unspecified atom stereocenters. The van der Waals surface area contributed by atoms with Gasteiger partial charge in [0.25, 0.3) is 0 Å². The summed E-state index contributed by atoms with van der Waals surface area (Å²) in [7, 11) is -4.20. The molecule has 0 aliphatic heterocycles. The fraction of sp³-hybridized carbons (Fsp3) is 0. The van der Waals surface area contributed by atoms with Crippen LogP contribution in [-0.4, -0.2) is 11.0 Å². The van der Waals surface area contributed by atoms with Gasteiger partial charge in [0.2, 0.25) is 0 Å². The molecule has 7 heteroatoms. The lowest BCUT2D eigenvalue weighted by Crippen LogP contribution is -2.13. The van der Waals surface area contributed by atoms with Gasteiger partial charge in [0.1, 0.15) is 0 Å². The van der Waals surface area contributed by atoms with E-state index in [1.54, 1.807) is 0 Å². The highest BCUT2D eigenvalue weighted by molar-refractivity contribution is 7.50. The Morgan fingerprint density at radius 3 is 2.12 bits per heavy atom. The summed E-state index contributed by atoms with van der Waals surface area (Å²) >= 11 is 0. The van der Waals surface area contributed by atoms with E-state index in [0.29, 0.717) is 0 Å². The predicted molar refractivity (Wildman–Crippen MR) is 24.7 cm³/mol. The molecule has 48 valence electrons. The van der Waals surface area contributed by atoms with Gasteiger partial charge < -0.3 is 15.2 Å². The van der Waals surface area contributed by atoms with Crippen LogP contribution in [0.15, 0.2) is 0 Å². The summed E-state index contributed by atoms with van der Waals surface area (Å²) in [6.07, 6.45) is -1.36. The molecule has 0 aliphatic carbocycles. The third kappa shape index (κ3) is 5.42. The zero-order valence-corrected chi connectivity index (χ0v) is 4.67. The molecule has 0 aromatic carbocycles. The van der Waals surface area contributed by atoms with Gasteiger partial charge in [0, 0.05) is 0 Å². The summed E-state index contributed by atoms with van der Waals surface area (Å²) in [4.78, 5) is 17.6. The Hall–Kier alpha value is -0.580. The largest absolute Gasteiger partial charge is 0.456 e. The second-order valence-electron chi connectivity index (χ2n) is 0.974. The molecule has 8 heavy (non-hydrogen) atoms. The first-order valence-corrected chi connectivity index (χ1v) is 3.17. The lowest BCUT2D eigenvalue weighted by Gasteiger charge is -2.00. The van der Waals surface area contributed by atoms with Gasteiger partial charge in [0.05, 0.1) is 0 Å². The van der Waals surface area contributed by atoms with Crippen LogP contribution < -0.4 is 11.2 Å². The second-order valence-corrected chi connectivity index (χ2v) is 2.29. The molecule has 0 aromatic heterocycles. The van der Waals surface area contributed by atoms with E-state index in [1.807, 2.05) is 0 Å². The summed E-state index contributed by atoms with van der Waals surface area (Å²) in [6, 6.07) is 0. The van der Waals surface area contributed by atoms with E-state index in [-0.39, 0.29) is 0 Å². The Labute approximate surface area is 45.0 Å². The topological polar surface area (TPSA) is 116 Å². The van der Waals surface area contributed by atoms with Crippen molar-refractivity contribution in [3.05, 3.63) is 0 Å². The van der Waals surface area contributed by atoms with E-state index in [2.05, 4.69) is 15.8 Å².